The number of aryl methyl sites for hydroxylation is 1. The Kier molecular flexibility index (Phi) is 2.88. The molecule has 4 nitrogen and oxygen atoms in total. The highest BCUT2D eigenvalue weighted by atomic mass is 79.9. The van der Waals surface area contributed by atoms with Crippen molar-refractivity contribution in [1.29, 1.82) is 0 Å². The zero-order valence-electron chi connectivity index (χ0n) is 7.78. The van der Waals surface area contributed by atoms with Gasteiger partial charge in [-0.15, -0.1) is 11.3 Å². The lowest BCUT2D eigenvalue weighted by Crippen LogP contribution is -2.09. The third kappa shape index (κ3) is 2.45. The van der Waals surface area contributed by atoms with Crippen LogP contribution in [0.1, 0.15) is 15.6 Å². The minimum atomic E-state index is -0.274. The lowest BCUT2D eigenvalue weighted by molar-refractivity contribution is 0.0996. The summed E-state index contributed by atoms with van der Waals surface area (Å²) in [6.07, 6.45) is 1.62. The lowest BCUT2D eigenvalue weighted by atomic mass is 10.4. The van der Waals surface area contributed by atoms with Crippen molar-refractivity contribution in [3.8, 4) is 0 Å². The number of hydrogen-bond donors (Lipinski definition) is 1. The van der Waals surface area contributed by atoms with E-state index in [9.17, 15) is 4.79 Å². The maximum Gasteiger partial charge on any atom is 0.292 e. The number of nitrogens with zero attached hydrogens (tertiary/aromatic N) is 1. The Morgan fingerprint density at radius 2 is 2.40 bits per heavy atom. The van der Waals surface area contributed by atoms with E-state index < -0.39 is 0 Å². The van der Waals surface area contributed by atoms with E-state index in [-0.39, 0.29) is 11.7 Å². The second-order valence-corrected chi connectivity index (χ2v) is 4.82. The van der Waals surface area contributed by atoms with Gasteiger partial charge < -0.3 is 9.73 Å². The van der Waals surface area contributed by atoms with Crippen LogP contribution < -0.4 is 5.32 Å². The molecule has 0 aliphatic rings. The Hall–Kier alpha value is -1.14. The second-order valence-electron chi connectivity index (χ2n) is 2.80. The van der Waals surface area contributed by atoms with Crippen LogP contribution in [0.4, 0.5) is 5.00 Å². The molecule has 2 aromatic rings. The van der Waals surface area contributed by atoms with Crippen LogP contribution in [0.15, 0.2) is 27.4 Å². The van der Waals surface area contributed by atoms with Crippen LogP contribution in [0.25, 0.3) is 0 Å². The molecule has 2 aromatic heterocycles. The average Bonchev–Trinajstić information content (AvgIpc) is 2.75. The number of aromatic nitrogens is 1. The molecular formula is C9H7BrN2O2S. The quantitative estimate of drug-likeness (QED) is 0.923. The van der Waals surface area contributed by atoms with Gasteiger partial charge in [0.2, 0.25) is 0 Å². The molecule has 6 heteroatoms. The number of thiazole rings is 1. The van der Waals surface area contributed by atoms with Crippen LogP contribution in [-0.2, 0) is 0 Å². The first-order valence-electron chi connectivity index (χ1n) is 4.14. The Labute approximate surface area is 98.5 Å². The molecule has 0 bridgehead atoms. The van der Waals surface area contributed by atoms with Crippen molar-refractivity contribution in [2.24, 2.45) is 0 Å². The zero-order valence-corrected chi connectivity index (χ0v) is 10.2. The van der Waals surface area contributed by atoms with Crippen LogP contribution >= 0.6 is 27.3 Å². The third-order valence-electron chi connectivity index (χ3n) is 1.65. The topological polar surface area (TPSA) is 55.1 Å². The first-order chi connectivity index (χ1) is 7.15. The maximum atomic E-state index is 11.6. The molecule has 0 atom stereocenters. The zero-order chi connectivity index (χ0) is 10.8. The SMILES string of the molecule is Cc1ncc(NC(=O)c2ccc(Br)o2)s1. The number of carbonyl (C=O) groups is 1. The molecular weight excluding hydrogens is 280 g/mol. The van der Waals surface area contributed by atoms with Crippen molar-refractivity contribution >= 4 is 38.2 Å². The first-order valence-corrected chi connectivity index (χ1v) is 5.75. The van der Waals surface area contributed by atoms with Gasteiger partial charge >= 0.3 is 0 Å². The molecule has 0 spiro atoms. The first kappa shape index (κ1) is 10.4. The van der Waals surface area contributed by atoms with E-state index in [1.807, 2.05) is 6.92 Å². The summed E-state index contributed by atoms with van der Waals surface area (Å²) in [7, 11) is 0. The van der Waals surface area contributed by atoms with E-state index in [2.05, 4.69) is 26.2 Å². The number of nitrogens with one attached hydrogen (secondary N) is 1. The van der Waals surface area contributed by atoms with Crippen molar-refractivity contribution in [2.45, 2.75) is 6.92 Å². The predicted octanol–water partition coefficient (Wildman–Crippen LogP) is 3.06. The van der Waals surface area contributed by atoms with E-state index in [1.165, 1.54) is 11.3 Å². The number of carbonyl (C=O) groups excluding carboxylic acids is 1. The van der Waals surface area contributed by atoms with Gasteiger partial charge in [0.25, 0.3) is 5.91 Å². The molecule has 0 radical (unpaired) electrons. The summed E-state index contributed by atoms with van der Waals surface area (Å²) in [5.74, 6) is -0.00252. The summed E-state index contributed by atoms with van der Waals surface area (Å²) >= 11 is 4.55. The summed E-state index contributed by atoms with van der Waals surface area (Å²) in [4.78, 5) is 15.6. The Morgan fingerprint density at radius 1 is 1.60 bits per heavy atom. The van der Waals surface area contributed by atoms with Crippen LogP contribution in [0.3, 0.4) is 0 Å². The van der Waals surface area contributed by atoms with E-state index in [4.69, 9.17) is 4.42 Å². The van der Waals surface area contributed by atoms with Crippen molar-refractivity contribution in [1.82, 2.24) is 4.98 Å². The standard InChI is InChI=1S/C9H7BrN2O2S/c1-5-11-4-8(15-5)12-9(13)6-2-3-7(10)14-6/h2-4H,1H3,(H,12,13). The minimum absolute atomic E-state index is 0.271. The Balaban J connectivity index is 2.10. The van der Waals surface area contributed by atoms with Gasteiger partial charge in [0.1, 0.15) is 5.00 Å². The van der Waals surface area contributed by atoms with Crippen LogP contribution in [-0.4, -0.2) is 10.9 Å². The Bertz CT molecular complexity index is 492. The monoisotopic (exact) mass is 286 g/mol. The van der Waals surface area contributed by atoms with Gasteiger partial charge in [-0.25, -0.2) is 4.98 Å². The normalized spacial score (nSPS) is 10.3. The molecule has 0 saturated heterocycles. The third-order valence-corrected chi connectivity index (χ3v) is 2.91. The van der Waals surface area contributed by atoms with Gasteiger partial charge in [-0.1, -0.05) is 0 Å². The number of halogens is 1. The fourth-order valence-electron chi connectivity index (χ4n) is 1.03. The van der Waals surface area contributed by atoms with Crippen molar-refractivity contribution < 1.29 is 9.21 Å². The molecule has 15 heavy (non-hydrogen) atoms. The van der Waals surface area contributed by atoms with Gasteiger partial charge in [0.05, 0.1) is 11.2 Å². The molecule has 0 saturated carbocycles. The smallest absolute Gasteiger partial charge is 0.292 e. The predicted molar refractivity (Wildman–Crippen MR) is 61.2 cm³/mol. The maximum absolute atomic E-state index is 11.6. The fraction of sp³-hybridized carbons (Fsp3) is 0.111. The molecule has 0 aliphatic heterocycles. The van der Waals surface area contributed by atoms with Crippen LogP contribution in [0, 0.1) is 6.92 Å². The number of amides is 1. The highest BCUT2D eigenvalue weighted by Crippen LogP contribution is 2.20. The van der Waals surface area contributed by atoms with Gasteiger partial charge in [0, 0.05) is 0 Å². The summed E-state index contributed by atoms with van der Waals surface area (Å²) in [6.45, 7) is 1.88. The molecule has 2 heterocycles. The fourth-order valence-corrected chi connectivity index (χ4v) is 2.01. The van der Waals surface area contributed by atoms with Gasteiger partial charge in [-0.2, -0.15) is 0 Å². The van der Waals surface area contributed by atoms with E-state index in [0.717, 1.165) is 5.01 Å². The molecule has 0 aliphatic carbocycles. The van der Waals surface area contributed by atoms with Crippen molar-refractivity contribution in [2.75, 3.05) is 5.32 Å². The minimum Gasteiger partial charge on any atom is -0.444 e. The average molecular weight is 287 g/mol. The number of furan rings is 1. The summed E-state index contributed by atoms with van der Waals surface area (Å²) in [5, 5.41) is 4.32. The van der Waals surface area contributed by atoms with Gasteiger partial charge in [0.15, 0.2) is 10.4 Å². The molecule has 78 valence electrons. The number of rotatable bonds is 2. The van der Waals surface area contributed by atoms with Crippen molar-refractivity contribution in [3.05, 3.63) is 33.8 Å². The summed E-state index contributed by atoms with van der Waals surface area (Å²) < 4.78 is 5.65. The van der Waals surface area contributed by atoms with Crippen LogP contribution in [0.5, 0.6) is 0 Å². The summed E-state index contributed by atoms with van der Waals surface area (Å²) in [6, 6.07) is 3.28. The molecule has 0 fully saturated rings. The van der Waals surface area contributed by atoms with Gasteiger partial charge in [-0.05, 0) is 35.0 Å². The largest absolute Gasteiger partial charge is 0.444 e. The highest BCUT2D eigenvalue weighted by Gasteiger charge is 2.11. The van der Waals surface area contributed by atoms with E-state index in [1.54, 1.807) is 18.3 Å². The molecule has 2 rings (SSSR count). The van der Waals surface area contributed by atoms with Crippen molar-refractivity contribution in [3.63, 3.8) is 0 Å². The summed E-state index contributed by atoms with van der Waals surface area (Å²) in [5.41, 5.74) is 0. The number of anilines is 1. The molecule has 0 unspecified atom stereocenters. The molecule has 0 aromatic carbocycles. The number of hydrogen-bond acceptors (Lipinski definition) is 4. The second kappa shape index (κ2) is 4.16. The van der Waals surface area contributed by atoms with Gasteiger partial charge in [-0.3, -0.25) is 4.79 Å². The highest BCUT2D eigenvalue weighted by molar-refractivity contribution is 9.10. The van der Waals surface area contributed by atoms with Crippen LogP contribution in [0.2, 0.25) is 0 Å². The molecule has 1 amide bonds. The van der Waals surface area contributed by atoms with E-state index >= 15 is 0 Å². The van der Waals surface area contributed by atoms with E-state index in [0.29, 0.717) is 9.67 Å². The molecule has 1 N–H and O–H groups in total. The Morgan fingerprint density at radius 3 is 2.93 bits per heavy atom. The lowest BCUT2D eigenvalue weighted by Gasteiger charge is -1.97.